The van der Waals surface area contributed by atoms with Crippen LogP contribution < -0.4 is 15.5 Å². The van der Waals surface area contributed by atoms with Crippen LogP contribution in [0, 0.1) is 11.3 Å². The first-order valence-corrected chi connectivity index (χ1v) is 8.54. The molecule has 0 saturated heterocycles. The van der Waals surface area contributed by atoms with Gasteiger partial charge in [-0.15, -0.1) is 0 Å². The van der Waals surface area contributed by atoms with Crippen LogP contribution in [0.15, 0.2) is 35.4 Å². The molecule has 146 valence electrons. The fourth-order valence-electron chi connectivity index (χ4n) is 2.77. The Hall–Kier alpha value is -3.90. The highest BCUT2D eigenvalue weighted by atomic mass is 35.5. The summed E-state index contributed by atoms with van der Waals surface area (Å²) in [5.74, 6) is -2.03. The van der Waals surface area contributed by atoms with Crippen molar-refractivity contribution in [3.63, 3.8) is 0 Å². The van der Waals surface area contributed by atoms with Crippen LogP contribution in [0.5, 0.6) is 5.75 Å². The third-order valence-electron chi connectivity index (χ3n) is 4.11. The Morgan fingerprint density at radius 2 is 2.10 bits per heavy atom. The van der Waals surface area contributed by atoms with E-state index < -0.39 is 17.8 Å². The van der Waals surface area contributed by atoms with Gasteiger partial charge in [0, 0.05) is 0 Å². The van der Waals surface area contributed by atoms with Gasteiger partial charge < -0.3 is 15.2 Å². The molecule has 0 radical (unpaired) electrons. The number of carboxylic acids is 1. The van der Waals surface area contributed by atoms with E-state index in [2.05, 4.69) is 15.8 Å². The van der Waals surface area contributed by atoms with Crippen LogP contribution in [0.1, 0.15) is 27.0 Å². The van der Waals surface area contributed by atoms with E-state index in [1.165, 1.54) is 25.3 Å². The molecule has 3 N–H and O–H groups in total. The standard InChI is InChI=1S/C19H13ClN4O5/c1-29-13-5-2-9(6-10(13)8-21)7-14(25)23-24-17-15-12(22-18(17)26)4-3-11(16(15)20)19(27)28/h2-6H,7H2,1H3,(H,23,25)(H,27,28)(H,22,24,26). The molecule has 0 aromatic heterocycles. The molecule has 2 amide bonds. The molecule has 9 nitrogen and oxygen atoms in total. The van der Waals surface area contributed by atoms with E-state index in [4.69, 9.17) is 21.6 Å². The van der Waals surface area contributed by atoms with Crippen LogP contribution in [0.4, 0.5) is 5.69 Å². The lowest BCUT2D eigenvalue weighted by atomic mass is 10.1. The second kappa shape index (κ2) is 8.00. The molecule has 1 heterocycles. The number of ether oxygens (including phenoxy) is 1. The van der Waals surface area contributed by atoms with Gasteiger partial charge in [0.1, 0.15) is 11.8 Å². The van der Waals surface area contributed by atoms with Crippen molar-refractivity contribution in [1.82, 2.24) is 5.43 Å². The minimum atomic E-state index is -1.26. The molecule has 0 bridgehead atoms. The maximum absolute atomic E-state index is 12.2. The van der Waals surface area contributed by atoms with Crippen molar-refractivity contribution in [3.05, 3.63) is 57.6 Å². The number of nitriles is 1. The summed E-state index contributed by atoms with van der Waals surface area (Å²) in [4.78, 5) is 35.6. The lowest BCUT2D eigenvalue weighted by Gasteiger charge is -2.06. The molecule has 0 atom stereocenters. The SMILES string of the molecule is COc1ccc(CC(=O)N/N=C2\C(=O)Nc3ccc(C(=O)O)c(Cl)c32)cc1C#N. The predicted octanol–water partition coefficient (Wildman–Crippen LogP) is 1.93. The normalized spacial score (nSPS) is 13.4. The van der Waals surface area contributed by atoms with Gasteiger partial charge in [-0.05, 0) is 29.8 Å². The number of nitrogens with zero attached hydrogens (tertiary/aromatic N) is 2. The number of carbonyl (C=O) groups excluding carboxylic acids is 2. The summed E-state index contributed by atoms with van der Waals surface area (Å²) in [7, 11) is 1.43. The molecule has 3 rings (SSSR count). The third-order valence-corrected chi connectivity index (χ3v) is 4.51. The molecule has 2 aromatic rings. The van der Waals surface area contributed by atoms with Gasteiger partial charge in [0.2, 0.25) is 5.91 Å². The summed E-state index contributed by atoms with van der Waals surface area (Å²) in [6.45, 7) is 0. The average molecular weight is 413 g/mol. The Morgan fingerprint density at radius 1 is 1.34 bits per heavy atom. The lowest BCUT2D eigenvalue weighted by Crippen LogP contribution is -2.25. The van der Waals surface area contributed by atoms with E-state index in [9.17, 15) is 19.5 Å². The second-order valence-corrected chi connectivity index (χ2v) is 6.31. The number of aromatic carboxylic acids is 1. The van der Waals surface area contributed by atoms with Crippen LogP contribution in [-0.2, 0) is 16.0 Å². The van der Waals surface area contributed by atoms with Crippen molar-refractivity contribution < 1.29 is 24.2 Å². The summed E-state index contributed by atoms with van der Waals surface area (Å²) >= 11 is 6.11. The fraction of sp³-hybridized carbons (Fsp3) is 0.105. The molecular weight excluding hydrogens is 400 g/mol. The van der Waals surface area contributed by atoms with E-state index in [-0.39, 0.29) is 33.8 Å². The number of methoxy groups -OCH3 is 1. The molecule has 0 unspecified atom stereocenters. The smallest absolute Gasteiger partial charge is 0.337 e. The molecule has 29 heavy (non-hydrogen) atoms. The molecule has 1 aliphatic rings. The van der Waals surface area contributed by atoms with Gasteiger partial charge in [0.25, 0.3) is 5.91 Å². The van der Waals surface area contributed by atoms with E-state index in [1.807, 2.05) is 6.07 Å². The van der Waals surface area contributed by atoms with Crippen LogP contribution in [0.25, 0.3) is 0 Å². The maximum atomic E-state index is 12.2. The van der Waals surface area contributed by atoms with Crippen LogP contribution in [-0.4, -0.2) is 35.7 Å². The number of anilines is 1. The number of hydrazone groups is 1. The van der Waals surface area contributed by atoms with Gasteiger partial charge in [0.15, 0.2) is 5.71 Å². The van der Waals surface area contributed by atoms with Crippen LogP contribution in [0.2, 0.25) is 5.02 Å². The first kappa shape index (κ1) is 19.9. The number of halogens is 1. The van der Waals surface area contributed by atoms with Crippen molar-refractivity contribution >= 4 is 40.8 Å². The van der Waals surface area contributed by atoms with E-state index >= 15 is 0 Å². The molecule has 1 aliphatic heterocycles. The third kappa shape index (κ3) is 3.88. The zero-order valence-electron chi connectivity index (χ0n) is 14.9. The topological polar surface area (TPSA) is 141 Å². The number of rotatable bonds is 5. The van der Waals surface area contributed by atoms with Crippen molar-refractivity contribution in [2.45, 2.75) is 6.42 Å². The van der Waals surface area contributed by atoms with Gasteiger partial charge in [-0.1, -0.05) is 17.7 Å². The highest BCUT2D eigenvalue weighted by Crippen LogP contribution is 2.33. The number of fused-ring (bicyclic) bond motifs is 1. The lowest BCUT2D eigenvalue weighted by molar-refractivity contribution is -0.120. The number of carbonyl (C=O) groups is 3. The summed E-state index contributed by atoms with van der Waals surface area (Å²) < 4.78 is 5.05. The molecule has 0 fully saturated rings. The van der Waals surface area contributed by atoms with E-state index in [0.717, 1.165) is 0 Å². The monoisotopic (exact) mass is 412 g/mol. The zero-order valence-corrected chi connectivity index (χ0v) is 15.7. The van der Waals surface area contributed by atoms with Crippen LogP contribution >= 0.6 is 11.6 Å². The van der Waals surface area contributed by atoms with E-state index in [1.54, 1.807) is 12.1 Å². The highest BCUT2D eigenvalue weighted by molar-refractivity contribution is 6.57. The molecule has 2 aromatic carbocycles. The molecular formula is C19H13ClN4O5. The Balaban J connectivity index is 1.82. The van der Waals surface area contributed by atoms with Gasteiger partial charge >= 0.3 is 5.97 Å². The summed E-state index contributed by atoms with van der Waals surface area (Å²) in [5, 5.41) is 24.5. The number of amides is 2. The quantitative estimate of drug-likeness (QED) is 0.641. The van der Waals surface area contributed by atoms with Crippen molar-refractivity contribution in [2.75, 3.05) is 12.4 Å². The van der Waals surface area contributed by atoms with Gasteiger partial charge in [-0.2, -0.15) is 10.4 Å². The number of nitrogens with one attached hydrogen (secondary N) is 2. The molecule has 10 heteroatoms. The second-order valence-electron chi connectivity index (χ2n) is 5.93. The van der Waals surface area contributed by atoms with Crippen molar-refractivity contribution in [1.29, 1.82) is 5.26 Å². The van der Waals surface area contributed by atoms with E-state index in [0.29, 0.717) is 17.0 Å². The molecule has 0 saturated carbocycles. The van der Waals surface area contributed by atoms with Crippen molar-refractivity contribution in [2.24, 2.45) is 5.10 Å². The number of hydrogen-bond acceptors (Lipinski definition) is 6. The number of carboxylic acid groups (broad SMARTS) is 1. The fourth-order valence-corrected chi connectivity index (χ4v) is 3.11. The summed E-state index contributed by atoms with van der Waals surface area (Å²) in [6.07, 6.45) is -0.104. The largest absolute Gasteiger partial charge is 0.495 e. The first-order valence-electron chi connectivity index (χ1n) is 8.16. The summed E-state index contributed by atoms with van der Waals surface area (Å²) in [6, 6.07) is 9.35. The highest BCUT2D eigenvalue weighted by Gasteiger charge is 2.31. The minimum absolute atomic E-state index is 0.104. The average Bonchev–Trinajstić information content (AvgIpc) is 3.02. The maximum Gasteiger partial charge on any atom is 0.337 e. The number of benzene rings is 2. The first-order chi connectivity index (χ1) is 13.8. The summed E-state index contributed by atoms with van der Waals surface area (Å²) in [5.41, 5.74) is 3.09. The number of hydrogen-bond donors (Lipinski definition) is 3. The minimum Gasteiger partial charge on any atom is -0.495 e. The molecule has 0 aliphatic carbocycles. The van der Waals surface area contributed by atoms with Crippen molar-refractivity contribution in [3.8, 4) is 11.8 Å². The van der Waals surface area contributed by atoms with Gasteiger partial charge in [-0.3, -0.25) is 9.59 Å². The molecule has 0 spiro atoms. The van der Waals surface area contributed by atoms with Gasteiger partial charge in [0.05, 0.1) is 40.9 Å². The van der Waals surface area contributed by atoms with Gasteiger partial charge in [-0.25, -0.2) is 10.2 Å². The Morgan fingerprint density at radius 3 is 2.76 bits per heavy atom. The van der Waals surface area contributed by atoms with Crippen LogP contribution in [0.3, 0.4) is 0 Å². The predicted molar refractivity (Wildman–Crippen MR) is 103 cm³/mol. The Kier molecular flexibility index (Phi) is 5.47. The Labute approximate surface area is 169 Å². The zero-order chi connectivity index (χ0) is 21.1. The Bertz CT molecular complexity index is 1120.